The van der Waals surface area contributed by atoms with Gasteiger partial charge in [0.05, 0.1) is 22.8 Å². The summed E-state index contributed by atoms with van der Waals surface area (Å²) in [5.74, 6) is 0. The predicted molar refractivity (Wildman–Crippen MR) is 95.5 cm³/mol. The van der Waals surface area contributed by atoms with Crippen molar-refractivity contribution in [3.63, 3.8) is 0 Å². The molecule has 3 aromatic rings. The molecule has 3 heteroatoms. The van der Waals surface area contributed by atoms with Crippen LogP contribution in [0.25, 0.3) is 11.4 Å². The lowest BCUT2D eigenvalue weighted by molar-refractivity contribution is 1.19. The van der Waals surface area contributed by atoms with Gasteiger partial charge >= 0.3 is 0 Å². The Morgan fingerprint density at radius 3 is 1.57 bits per heavy atom. The van der Waals surface area contributed by atoms with E-state index in [2.05, 4.69) is 23.1 Å². The van der Waals surface area contributed by atoms with E-state index in [0.717, 1.165) is 28.5 Å². The van der Waals surface area contributed by atoms with Crippen LogP contribution in [0.4, 0.5) is 5.69 Å². The van der Waals surface area contributed by atoms with Crippen molar-refractivity contribution in [3.8, 4) is 0 Å². The van der Waals surface area contributed by atoms with Gasteiger partial charge in [-0.15, -0.1) is 0 Å². The van der Waals surface area contributed by atoms with E-state index in [9.17, 15) is 0 Å². The fourth-order valence-corrected chi connectivity index (χ4v) is 2.35. The van der Waals surface area contributed by atoms with Gasteiger partial charge in [-0.1, -0.05) is 43.5 Å². The summed E-state index contributed by atoms with van der Waals surface area (Å²) < 4.78 is 0. The van der Waals surface area contributed by atoms with E-state index >= 15 is 0 Å². The highest BCUT2D eigenvalue weighted by Gasteiger charge is 2.18. The van der Waals surface area contributed by atoms with Crippen molar-refractivity contribution in [2.75, 3.05) is 4.90 Å². The molecule has 1 aromatic carbocycles. The quantitative estimate of drug-likeness (QED) is 0.688. The zero-order valence-corrected chi connectivity index (χ0v) is 12.8. The molecule has 2 heterocycles. The van der Waals surface area contributed by atoms with E-state index < -0.39 is 0 Å². The van der Waals surface area contributed by atoms with Crippen molar-refractivity contribution in [2.45, 2.75) is 0 Å². The lowest BCUT2D eigenvalue weighted by atomic mass is 10.1. The minimum atomic E-state index is 0.757. The molecular weight excluding hydrogens is 282 g/mol. The molecule has 0 atom stereocenters. The van der Waals surface area contributed by atoms with E-state index in [0.29, 0.717) is 0 Å². The Morgan fingerprint density at radius 2 is 1.13 bits per heavy atom. The molecule has 0 amide bonds. The molecule has 0 bridgehead atoms. The summed E-state index contributed by atoms with van der Waals surface area (Å²) in [6.45, 7) is 8.45. The van der Waals surface area contributed by atoms with Crippen LogP contribution in [0.3, 0.4) is 0 Å². The molecule has 3 rings (SSSR count). The van der Waals surface area contributed by atoms with Gasteiger partial charge in [-0.3, -0.25) is 9.97 Å². The van der Waals surface area contributed by atoms with Gasteiger partial charge in [0.1, 0.15) is 0 Å². The maximum absolute atomic E-state index is 4.40. The van der Waals surface area contributed by atoms with Crippen LogP contribution < -0.4 is 4.90 Å². The molecule has 0 saturated carbocycles. The van der Waals surface area contributed by atoms with Crippen molar-refractivity contribution in [2.24, 2.45) is 0 Å². The first-order valence-corrected chi connectivity index (χ1v) is 7.33. The van der Waals surface area contributed by atoms with Crippen LogP contribution in [-0.4, -0.2) is 9.97 Å². The van der Waals surface area contributed by atoms with Crippen molar-refractivity contribution in [1.29, 1.82) is 0 Å². The molecule has 23 heavy (non-hydrogen) atoms. The second-order valence-corrected chi connectivity index (χ2v) is 4.99. The molecule has 0 radical (unpaired) electrons. The van der Waals surface area contributed by atoms with Crippen LogP contribution in [0.15, 0.2) is 92.3 Å². The first-order valence-electron chi connectivity index (χ1n) is 7.33. The second kappa shape index (κ2) is 6.71. The molecule has 0 aliphatic carbocycles. The minimum absolute atomic E-state index is 0.757. The summed E-state index contributed by atoms with van der Waals surface area (Å²) in [6, 6.07) is 21.5. The average molecular weight is 299 g/mol. The van der Waals surface area contributed by atoms with Crippen molar-refractivity contribution < 1.29 is 0 Å². The van der Waals surface area contributed by atoms with Crippen molar-refractivity contribution in [1.82, 2.24) is 9.97 Å². The van der Waals surface area contributed by atoms with Gasteiger partial charge < -0.3 is 4.90 Å². The largest absolute Gasteiger partial charge is 0.307 e. The third kappa shape index (κ3) is 3.19. The number of nitrogens with zero attached hydrogens (tertiary/aromatic N) is 3. The minimum Gasteiger partial charge on any atom is -0.307 e. The number of hydrogen-bond acceptors (Lipinski definition) is 3. The first kappa shape index (κ1) is 14.7. The van der Waals surface area contributed by atoms with Gasteiger partial charge in [-0.2, -0.15) is 0 Å². The number of pyridine rings is 2. The normalized spacial score (nSPS) is 10.1. The lowest BCUT2D eigenvalue weighted by Crippen LogP contribution is -2.20. The number of benzene rings is 1. The Bertz CT molecular complexity index is 745. The molecule has 112 valence electrons. The highest BCUT2D eigenvalue weighted by atomic mass is 15.2. The zero-order valence-electron chi connectivity index (χ0n) is 12.8. The molecule has 0 saturated heterocycles. The summed E-state index contributed by atoms with van der Waals surface area (Å²) in [5.41, 5.74) is 4.08. The summed E-state index contributed by atoms with van der Waals surface area (Å²) in [7, 11) is 0. The molecule has 0 aliphatic heterocycles. The Kier molecular flexibility index (Phi) is 4.29. The smallest absolute Gasteiger partial charge is 0.0864 e. The highest BCUT2D eigenvalue weighted by Crippen LogP contribution is 2.31. The molecular formula is C20H17N3. The third-order valence-corrected chi connectivity index (χ3v) is 3.48. The van der Waals surface area contributed by atoms with Crippen LogP contribution in [0.1, 0.15) is 11.4 Å². The van der Waals surface area contributed by atoms with Crippen molar-refractivity contribution >= 4 is 17.1 Å². The van der Waals surface area contributed by atoms with Crippen molar-refractivity contribution in [3.05, 3.63) is 104 Å². The molecule has 3 nitrogen and oxygen atoms in total. The molecule has 2 aromatic heterocycles. The Labute approximate surface area is 136 Å². The first-order chi connectivity index (χ1) is 11.3. The van der Waals surface area contributed by atoms with E-state index in [1.807, 2.05) is 71.6 Å². The molecule has 0 N–H and O–H groups in total. The van der Waals surface area contributed by atoms with Gasteiger partial charge in [0.15, 0.2) is 0 Å². The van der Waals surface area contributed by atoms with Crippen LogP contribution in [0.2, 0.25) is 0 Å². The van der Waals surface area contributed by atoms with Gasteiger partial charge in [-0.25, -0.2) is 0 Å². The summed E-state index contributed by atoms with van der Waals surface area (Å²) in [4.78, 5) is 10.8. The number of aromatic nitrogens is 2. The number of para-hydroxylation sites is 1. The highest BCUT2D eigenvalue weighted by molar-refractivity contribution is 5.92. The van der Waals surface area contributed by atoms with Crippen LogP contribution >= 0.6 is 0 Å². The summed E-state index contributed by atoms with van der Waals surface area (Å²) >= 11 is 0. The zero-order chi connectivity index (χ0) is 16.1. The van der Waals surface area contributed by atoms with Crippen LogP contribution in [-0.2, 0) is 0 Å². The van der Waals surface area contributed by atoms with E-state index in [-0.39, 0.29) is 0 Å². The number of anilines is 1. The van der Waals surface area contributed by atoms with E-state index in [1.54, 1.807) is 12.4 Å². The molecule has 0 aliphatic rings. The van der Waals surface area contributed by atoms with Gasteiger partial charge in [0.2, 0.25) is 0 Å². The molecule has 0 fully saturated rings. The molecule has 0 spiro atoms. The van der Waals surface area contributed by atoms with Gasteiger partial charge in [0, 0.05) is 18.1 Å². The average Bonchev–Trinajstić information content (AvgIpc) is 2.64. The number of hydrogen-bond donors (Lipinski definition) is 0. The summed E-state index contributed by atoms with van der Waals surface area (Å²) in [6.07, 6.45) is 3.51. The van der Waals surface area contributed by atoms with Gasteiger partial charge in [-0.05, 0) is 36.4 Å². The van der Waals surface area contributed by atoms with Gasteiger partial charge in [0.25, 0.3) is 0 Å². The van der Waals surface area contributed by atoms with E-state index in [4.69, 9.17) is 0 Å². The third-order valence-electron chi connectivity index (χ3n) is 3.48. The van der Waals surface area contributed by atoms with Crippen LogP contribution in [0.5, 0.6) is 0 Å². The number of rotatable bonds is 5. The topological polar surface area (TPSA) is 29.0 Å². The lowest BCUT2D eigenvalue weighted by Gasteiger charge is -2.28. The van der Waals surface area contributed by atoms with E-state index in [1.165, 1.54) is 0 Å². The Balaban J connectivity index is 2.05. The monoisotopic (exact) mass is 299 g/mol. The SMILES string of the molecule is C=C(c1ccccn1)N(C(=C)c1ccccn1)c1ccccc1. The predicted octanol–water partition coefficient (Wildman–Crippen LogP) is 4.62. The maximum Gasteiger partial charge on any atom is 0.0864 e. The maximum atomic E-state index is 4.40. The fraction of sp³-hybridized carbons (Fsp3) is 0. The van der Waals surface area contributed by atoms with Crippen LogP contribution in [0, 0.1) is 0 Å². The second-order valence-electron chi connectivity index (χ2n) is 4.99. The standard InChI is InChI=1S/C20H17N3/c1-16(19-12-6-8-14-21-19)23(18-10-4-3-5-11-18)17(2)20-13-7-9-15-22-20/h3-15H,1-2H2. The molecule has 0 unspecified atom stereocenters. The Hall–Kier alpha value is -3.20. The summed E-state index contributed by atoms with van der Waals surface area (Å²) in [5, 5.41) is 0. The Morgan fingerprint density at radius 1 is 0.652 bits per heavy atom. The fourth-order valence-electron chi connectivity index (χ4n) is 2.35.